The summed E-state index contributed by atoms with van der Waals surface area (Å²) < 4.78 is 36.9. The molecule has 0 radical (unpaired) electrons. The molecule has 0 spiro atoms. The fraction of sp³-hybridized carbons (Fsp3) is 0.115. The predicted molar refractivity (Wildman–Crippen MR) is 138 cm³/mol. The van der Waals surface area contributed by atoms with E-state index in [9.17, 15) is 18.0 Å². The number of nitrogens with one attached hydrogen (secondary N) is 1. The van der Waals surface area contributed by atoms with Crippen molar-refractivity contribution in [2.24, 2.45) is 7.05 Å². The van der Waals surface area contributed by atoms with Crippen LogP contribution in [0.25, 0.3) is 5.69 Å². The summed E-state index contributed by atoms with van der Waals surface area (Å²) in [6, 6.07) is 20.9. The molecular weight excluding hydrogens is 516 g/mol. The summed E-state index contributed by atoms with van der Waals surface area (Å²) in [5.74, 6) is -0.825. The summed E-state index contributed by atoms with van der Waals surface area (Å²) in [6.45, 7) is 1.52. The highest BCUT2D eigenvalue weighted by molar-refractivity contribution is 7.92. The van der Waals surface area contributed by atoms with Crippen LogP contribution < -0.4 is 10.3 Å². The monoisotopic (exact) mass is 536 g/mol. The third kappa shape index (κ3) is 5.28. The molecule has 4 rings (SSSR count). The zero-order valence-electron chi connectivity index (χ0n) is 19.8. The maximum atomic E-state index is 13.2. The Kier molecular flexibility index (Phi) is 7.20. The second-order valence-electron chi connectivity index (χ2n) is 8.07. The Balaban J connectivity index is 1.59. The number of hydrogen-bond acceptors (Lipinski definition) is 6. The molecule has 1 aromatic heterocycles. The van der Waals surface area contributed by atoms with Gasteiger partial charge in [-0.15, -0.1) is 0 Å². The van der Waals surface area contributed by atoms with E-state index in [0.29, 0.717) is 22.5 Å². The number of halogens is 1. The van der Waals surface area contributed by atoms with Crippen molar-refractivity contribution in [1.29, 1.82) is 5.26 Å². The SMILES string of the molecule is Cc1c(NS(=O)(=O)c2ccc(Cl)c(C(=O)OCc3ccc(C#N)cc3)c2)c(=O)n(-c2ccccc2)n1C. The Morgan fingerprint density at radius 3 is 2.41 bits per heavy atom. The molecule has 11 heteroatoms. The minimum atomic E-state index is -4.27. The second kappa shape index (κ2) is 10.3. The molecule has 0 fully saturated rings. The van der Waals surface area contributed by atoms with E-state index >= 15 is 0 Å². The fourth-order valence-electron chi connectivity index (χ4n) is 3.61. The van der Waals surface area contributed by atoms with Crippen molar-refractivity contribution in [3.8, 4) is 11.8 Å². The van der Waals surface area contributed by atoms with Crippen LogP contribution in [0.2, 0.25) is 5.02 Å². The lowest BCUT2D eigenvalue weighted by Gasteiger charge is -2.10. The first kappa shape index (κ1) is 25.8. The Morgan fingerprint density at radius 1 is 1.08 bits per heavy atom. The number of nitrogens with zero attached hydrogens (tertiary/aromatic N) is 3. The minimum Gasteiger partial charge on any atom is -0.457 e. The van der Waals surface area contributed by atoms with Gasteiger partial charge in [0, 0.05) is 7.05 Å². The Hall–Kier alpha value is -4.33. The number of aromatic nitrogens is 2. The van der Waals surface area contributed by atoms with Gasteiger partial charge in [0.1, 0.15) is 12.3 Å². The van der Waals surface area contributed by atoms with Crippen LogP contribution in [0.5, 0.6) is 0 Å². The number of benzene rings is 3. The predicted octanol–water partition coefficient (Wildman–Crippen LogP) is 4.17. The van der Waals surface area contributed by atoms with E-state index in [-0.39, 0.29) is 27.8 Å². The minimum absolute atomic E-state index is 0.00565. The van der Waals surface area contributed by atoms with Crippen molar-refractivity contribution in [3.63, 3.8) is 0 Å². The lowest BCUT2D eigenvalue weighted by molar-refractivity contribution is 0.0472. The van der Waals surface area contributed by atoms with Gasteiger partial charge in [0.2, 0.25) is 0 Å². The highest BCUT2D eigenvalue weighted by Gasteiger charge is 2.24. The lowest BCUT2D eigenvalue weighted by atomic mass is 10.1. The Labute approximate surface area is 218 Å². The van der Waals surface area contributed by atoms with Gasteiger partial charge in [0.25, 0.3) is 15.6 Å². The summed E-state index contributed by atoms with van der Waals surface area (Å²) in [5.41, 5.74) is 1.26. The molecule has 0 aliphatic rings. The molecule has 0 amide bonds. The molecule has 9 nitrogen and oxygen atoms in total. The molecule has 188 valence electrons. The van der Waals surface area contributed by atoms with Crippen molar-refractivity contribution in [2.45, 2.75) is 18.4 Å². The van der Waals surface area contributed by atoms with Crippen LogP contribution in [0.3, 0.4) is 0 Å². The number of hydrogen-bond donors (Lipinski definition) is 1. The Bertz CT molecular complexity index is 1690. The highest BCUT2D eigenvalue weighted by atomic mass is 35.5. The molecule has 4 aromatic rings. The molecule has 3 aromatic carbocycles. The summed E-state index contributed by atoms with van der Waals surface area (Å²) in [6.07, 6.45) is 0. The number of para-hydroxylation sites is 1. The molecule has 37 heavy (non-hydrogen) atoms. The van der Waals surface area contributed by atoms with Crippen LogP contribution in [0, 0.1) is 18.3 Å². The number of anilines is 1. The zero-order chi connectivity index (χ0) is 26.7. The average molecular weight is 537 g/mol. The van der Waals surface area contributed by atoms with Crippen molar-refractivity contribution >= 4 is 33.3 Å². The molecule has 0 saturated heterocycles. The molecule has 0 atom stereocenters. The number of ether oxygens (including phenoxy) is 1. The van der Waals surface area contributed by atoms with Crippen molar-refractivity contribution in [1.82, 2.24) is 9.36 Å². The van der Waals surface area contributed by atoms with Gasteiger partial charge in [-0.1, -0.05) is 41.9 Å². The van der Waals surface area contributed by atoms with Crippen LogP contribution in [-0.4, -0.2) is 23.8 Å². The van der Waals surface area contributed by atoms with Gasteiger partial charge in [-0.2, -0.15) is 5.26 Å². The summed E-state index contributed by atoms with van der Waals surface area (Å²) in [5, 5.41) is 8.89. The van der Waals surface area contributed by atoms with Crippen LogP contribution in [0.1, 0.15) is 27.2 Å². The number of esters is 1. The van der Waals surface area contributed by atoms with E-state index in [1.807, 2.05) is 12.1 Å². The van der Waals surface area contributed by atoms with E-state index in [1.165, 1.54) is 16.8 Å². The molecule has 0 aliphatic carbocycles. The number of carbonyl (C=O) groups excluding carboxylic acids is 1. The van der Waals surface area contributed by atoms with Gasteiger partial charge in [-0.25, -0.2) is 17.9 Å². The molecule has 1 heterocycles. The smallest absolute Gasteiger partial charge is 0.340 e. The quantitative estimate of drug-likeness (QED) is 0.354. The van der Waals surface area contributed by atoms with Gasteiger partial charge in [-0.05, 0) is 55.0 Å². The van der Waals surface area contributed by atoms with Gasteiger partial charge in [-0.3, -0.25) is 14.2 Å². The van der Waals surface area contributed by atoms with E-state index in [1.54, 1.807) is 67.2 Å². The van der Waals surface area contributed by atoms with Crippen molar-refractivity contribution < 1.29 is 17.9 Å². The first-order valence-electron chi connectivity index (χ1n) is 10.9. The molecule has 0 saturated carbocycles. The van der Waals surface area contributed by atoms with Gasteiger partial charge in [0.15, 0.2) is 0 Å². The fourth-order valence-corrected chi connectivity index (χ4v) is 4.95. The molecule has 0 aliphatic heterocycles. The van der Waals surface area contributed by atoms with Gasteiger partial charge >= 0.3 is 5.97 Å². The normalized spacial score (nSPS) is 11.1. The third-order valence-corrected chi connectivity index (χ3v) is 7.39. The standard InChI is InChI=1S/C26H21ClN4O5S/c1-17-24(25(32)31(30(17)2)20-6-4-3-5-7-20)29-37(34,35)21-12-13-23(27)22(14-21)26(33)36-16-19-10-8-18(15-28)9-11-19/h3-14,29H,16H2,1-2H3. The van der Waals surface area contributed by atoms with Crippen LogP contribution >= 0.6 is 11.6 Å². The van der Waals surface area contributed by atoms with Crippen molar-refractivity contribution in [2.75, 3.05) is 4.72 Å². The van der Waals surface area contributed by atoms with Gasteiger partial charge in [0.05, 0.1) is 38.5 Å². The Morgan fingerprint density at radius 2 is 1.76 bits per heavy atom. The molecule has 0 unspecified atom stereocenters. The van der Waals surface area contributed by atoms with Crippen LogP contribution in [0.4, 0.5) is 5.69 Å². The summed E-state index contributed by atoms with van der Waals surface area (Å²) in [4.78, 5) is 25.5. The zero-order valence-corrected chi connectivity index (χ0v) is 21.4. The van der Waals surface area contributed by atoms with Gasteiger partial charge < -0.3 is 4.74 Å². The topological polar surface area (TPSA) is 123 Å². The molecular formula is C26H21ClN4O5S. The maximum absolute atomic E-state index is 13.2. The molecule has 0 bridgehead atoms. The number of carbonyl (C=O) groups is 1. The third-order valence-electron chi connectivity index (χ3n) is 5.71. The van der Waals surface area contributed by atoms with E-state index in [0.717, 1.165) is 6.07 Å². The van der Waals surface area contributed by atoms with E-state index in [2.05, 4.69) is 4.72 Å². The number of sulfonamides is 1. The largest absolute Gasteiger partial charge is 0.457 e. The first-order chi connectivity index (χ1) is 17.6. The second-order valence-corrected chi connectivity index (χ2v) is 10.2. The number of rotatable bonds is 7. The average Bonchev–Trinajstić information content (AvgIpc) is 3.10. The maximum Gasteiger partial charge on any atom is 0.340 e. The molecule has 1 N–H and O–H groups in total. The highest BCUT2D eigenvalue weighted by Crippen LogP contribution is 2.24. The summed E-state index contributed by atoms with van der Waals surface area (Å²) >= 11 is 6.16. The number of nitriles is 1. The van der Waals surface area contributed by atoms with E-state index < -0.39 is 21.6 Å². The lowest BCUT2D eigenvalue weighted by Crippen LogP contribution is -2.23. The van der Waals surface area contributed by atoms with Crippen LogP contribution in [-0.2, 0) is 28.4 Å². The van der Waals surface area contributed by atoms with E-state index in [4.69, 9.17) is 21.6 Å². The van der Waals surface area contributed by atoms with Crippen molar-refractivity contribution in [3.05, 3.63) is 111 Å². The van der Waals surface area contributed by atoms with Crippen LogP contribution in [0.15, 0.2) is 82.5 Å². The summed E-state index contributed by atoms with van der Waals surface area (Å²) in [7, 11) is -2.62. The first-order valence-corrected chi connectivity index (χ1v) is 12.8.